The van der Waals surface area contributed by atoms with E-state index in [1.54, 1.807) is 0 Å². The van der Waals surface area contributed by atoms with E-state index in [2.05, 4.69) is 9.72 Å². The van der Waals surface area contributed by atoms with Crippen LogP contribution in [-0.4, -0.2) is 57.8 Å². The fourth-order valence-corrected chi connectivity index (χ4v) is 2.39. The molecule has 0 unspecified atom stereocenters. The van der Waals surface area contributed by atoms with Crippen molar-refractivity contribution in [1.29, 1.82) is 0 Å². The molecule has 1 saturated heterocycles. The molecule has 108 valence electrons. The smallest absolute Gasteiger partial charge is 0.355 e. The number of rotatable bonds is 2. The van der Waals surface area contributed by atoms with E-state index in [0.29, 0.717) is 0 Å². The Labute approximate surface area is 112 Å². The zero-order chi connectivity index (χ0) is 14.4. The molecule has 0 saturated carbocycles. The first-order valence-electron chi connectivity index (χ1n) is 5.89. The number of methoxy groups -OCH3 is 1. The summed E-state index contributed by atoms with van der Waals surface area (Å²) in [5.41, 5.74) is -0.745. The maximum atomic E-state index is 11.7. The second-order valence-corrected chi connectivity index (χ2v) is 4.44. The van der Waals surface area contributed by atoms with Crippen LogP contribution >= 0.6 is 0 Å². The number of aliphatic hydroxyl groups excluding tert-OH is 2. The molecule has 0 spiro atoms. The number of ether oxygens (including phenoxy) is 3. The van der Waals surface area contributed by atoms with Crippen molar-refractivity contribution in [1.82, 2.24) is 9.55 Å². The zero-order valence-corrected chi connectivity index (χ0v) is 10.4. The molecule has 0 aromatic carbocycles. The lowest BCUT2D eigenvalue weighted by Crippen LogP contribution is -2.34. The molecule has 4 atom stereocenters. The maximum absolute atomic E-state index is 11.7. The maximum Gasteiger partial charge on any atom is 0.355 e. The number of esters is 1. The average Bonchev–Trinajstić information content (AvgIpc) is 2.93. The Hall–Kier alpha value is -1.97. The predicted molar refractivity (Wildman–Crippen MR) is 61.3 cm³/mol. The van der Waals surface area contributed by atoms with Gasteiger partial charge in [-0.2, -0.15) is 4.98 Å². The fourth-order valence-electron chi connectivity index (χ4n) is 2.39. The molecule has 0 radical (unpaired) electrons. The summed E-state index contributed by atoms with van der Waals surface area (Å²) in [6.45, 7) is -0.395. The van der Waals surface area contributed by atoms with E-state index in [4.69, 9.17) is 14.6 Å². The van der Waals surface area contributed by atoms with Crippen molar-refractivity contribution in [3.63, 3.8) is 0 Å². The third-order valence-corrected chi connectivity index (χ3v) is 3.31. The van der Waals surface area contributed by atoms with Crippen LogP contribution in [0.2, 0.25) is 0 Å². The SMILES string of the molecule is COC(=O)c1cc(=O)nc2n1[C@H]1O[C@@H](CO)[C@H](O)[C@H]1O2. The molecular formula is C11H12N2O7. The Bertz CT molecular complexity index is 613. The fraction of sp³-hybridized carbons (Fsp3) is 0.545. The van der Waals surface area contributed by atoms with Crippen LogP contribution in [0.1, 0.15) is 16.7 Å². The third kappa shape index (κ3) is 1.71. The molecule has 1 fully saturated rings. The standard InChI is InChI=1S/C11H12N2O7/c1-18-10(17)4-2-6(15)12-11-13(4)9-8(20-11)7(16)5(3-14)19-9/h2,5,7-9,14,16H,3H2,1H3/t5-,7-,8+,9-/m0/s1. The van der Waals surface area contributed by atoms with Crippen molar-refractivity contribution in [2.75, 3.05) is 13.7 Å². The van der Waals surface area contributed by atoms with Crippen LogP contribution in [0.15, 0.2) is 10.9 Å². The number of carbonyl (C=O) groups excluding carboxylic acids is 1. The normalized spacial score (nSPS) is 30.6. The molecule has 2 aliphatic rings. The molecule has 1 aromatic rings. The summed E-state index contributed by atoms with van der Waals surface area (Å²) in [4.78, 5) is 26.8. The van der Waals surface area contributed by atoms with E-state index >= 15 is 0 Å². The monoisotopic (exact) mass is 284 g/mol. The van der Waals surface area contributed by atoms with Crippen molar-refractivity contribution < 1.29 is 29.2 Å². The van der Waals surface area contributed by atoms with Gasteiger partial charge in [-0.05, 0) is 0 Å². The largest absolute Gasteiger partial charge is 0.464 e. The minimum atomic E-state index is -1.09. The van der Waals surface area contributed by atoms with E-state index < -0.39 is 42.7 Å². The number of nitrogens with zero attached hydrogens (tertiary/aromatic N) is 2. The number of aromatic nitrogens is 2. The van der Waals surface area contributed by atoms with Crippen molar-refractivity contribution >= 4 is 5.97 Å². The average molecular weight is 284 g/mol. The van der Waals surface area contributed by atoms with E-state index in [0.717, 1.165) is 6.07 Å². The van der Waals surface area contributed by atoms with Gasteiger partial charge in [-0.1, -0.05) is 0 Å². The second kappa shape index (κ2) is 4.54. The highest BCUT2D eigenvalue weighted by atomic mass is 16.6. The summed E-state index contributed by atoms with van der Waals surface area (Å²) in [6.07, 6.45) is -3.61. The Morgan fingerprint density at radius 2 is 2.35 bits per heavy atom. The zero-order valence-electron chi connectivity index (χ0n) is 10.4. The molecule has 3 heterocycles. The van der Waals surface area contributed by atoms with Crippen molar-refractivity contribution in [2.24, 2.45) is 0 Å². The molecule has 2 aliphatic heterocycles. The van der Waals surface area contributed by atoms with Gasteiger partial charge in [-0.15, -0.1) is 0 Å². The first-order valence-corrected chi connectivity index (χ1v) is 5.89. The number of hydrogen-bond acceptors (Lipinski definition) is 8. The summed E-state index contributed by atoms with van der Waals surface area (Å²) in [7, 11) is 1.17. The lowest BCUT2D eigenvalue weighted by Gasteiger charge is -2.15. The molecule has 20 heavy (non-hydrogen) atoms. The Balaban J connectivity index is 2.09. The van der Waals surface area contributed by atoms with Crippen LogP contribution in [0.5, 0.6) is 6.01 Å². The summed E-state index contributed by atoms with van der Waals surface area (Å²) in [5.74, 6) is -0.750. The molecule has 1 aromatic heterocycles. The lowest BCUT2D eigenvalue weighted by atomic mass is 10.1. The molecule has 2 N–H and O–H groups in total. The highest BCUT2D eigenvalue weighted by Crippen LogP contribution is 2.39. The summed E-state index contributed by atoms with van der Waals surface area (Å²) < 4.78 is 16.6. The van der Waals surface area contributed by atoms with Gasteiger partial charge in [-0.25, -0.2) is 4.79 Å². The first-order chi connectivity index (χ1) is 9.56. The van der Waals surface area contributed by atoms with Gasteiger partial charge in [0.25, 0.3) is 5.56 Å². The van der Waals surface area contributed by atoms with Gasteiger partial charge in [0.15, 0.2) is 12.3 Å². The van der Waals surface area contributed by atoms with Crippen LogP contribution in [-0.2, 0) is 9.47 Å². The lowest BCUT2D eigenvalue weighted by molar-refractivity contribution is -0.0443. The van der Waals surface area contributed by atoms with E-state index in [1.165, 1.54) is 11.7 Å². The highest BCUT2D eigenvalue weighted by Gasteiger charge is 2.52. The van der Waals surface area contributed by atoms with Crippen LogP contribution in [0.25, 0.3) is 0 Å². The van der Waals surface area contributed by atoms with Crippen molar-refractivity contribution in [3.05, 3.63) is 22.1 Å². The Morgan fingerprint density at radius 3 is 3.00 bits per heavy atom. The van der Waals surface area contributed by atoms with Gasteiger partial charge < -0.3 is 24.4 Å². The topological polar surface area (TPSA) is 120 Å². The molecular weight excluding hydrogens is 272 g/mol. The summed E-state index contributed by atoms with van der Waals surface area (Å²) >= 11 is 0. The first kappa shape index (κ1) is 13.0. The minimum absolute atomic E-state index is 0.0826. The van der Waals surface area contributed by atoms with Gasteiger partial charge in [-0.3, -0.25) is 9.36 Å². The summed E-state index contributed by atoms with van der Waals surface area (Å²) in [6, 6.07) is 0.881. The molecule has 3 rings (SSSR count). The number of aliphatic hydroxyl groups is 2. The summed E-state index contributed by atoms with van der Waals surface area (Å²) in [5, 5.41) is 19.0. The number of carbonyl (C=O) groups is 1. The Kier molecular flexibility index (Phi) is 2.96. The van der Waals surface area contributed by atoms with E-state index in [-0.39, 0.29) is 11.7 Å². The minimum Gasteiger partial charge on any atom is -0.464 e. The highest BCUT2D eigenvalue weighted by molar-refractivity contribution is 5.87. The van der Waals surface area contributed by atoms with Crippen molar-refractivity contribution in [2.45, 2.75) is 24.5 Å². The Morgan fingerprint density at radius 1 is 1.60 bits per heavy atom. The molecule has 0 aliphatic carbocycles. The molecule has 0 amide bonds. The van der Waals surface area contributed by atoms with E-state index in [9.17, 15) is 14.7 Å². The van der Waals surface area contributed by atoms with Gasteiger partial charge >= 0.3 is 12.0 Å². The quantitative estimate of drug-likeness (QED) is 0.601. The second-order valence-electron chi connectivity index (χ2n) is 4.44. The predicted octanol–water partition coefficient (Wildman–Crippen LogP) is -1.96. The molecule has 0 bridgehead atoms. The van der Waals surface area contributed by atoms with Crippen LogP contribution in [0.4, 0.5) is 0 Å². The number of hydrogen-bond donors (Lipinski definition) is 2. The molecule has 9 nitrogen and oxygen atoms in total. The van der Waals surface area contributed by atoms with Gasteiger partial charge in [0.2, 0.25) is 0 Å². The van der Waals surface area contributed by atoms with E-state index in [1.807, 2.05) is 0 Å². The third-order valence-electron chi connectivity index (χ3n) is 3.31. The van der Waals surface area contributed by atoms with Crippen LogP contribution < -0.4 is 10.3 Å². The van der Waals surface area contributed by atoms with Gasteiger partial charge in [0, 0.05) is 6.07 Å². The van der Waals surface area contributed by atoms with Crippen LogP contribution in [0, 0.1) is 0 Å². The molecule has 9 heteroatoms. The van der Waals surface area contributed by atoms with Crippen LogP contribution in [0.3, 0.4) is 0 Å². The van der Waals surface area contributed by atoms with Gasteiger partial charge in [0.1, 0.15) is 17.9 Å². The van der Waals surface area contributed by atoms with Gasteiger partial charge in [0.05, 0.1) is 13.7 Å². The number of fused-ring (bicyclic) bond motifs is 3. The van der Waals surface area contributed by atoms with Crippen molar-refractivity contribution in [3.8, 4) is 6.01 Å².